The van der Waals surface area contributed by atoms with Crippen LogP contribution >= 0.6 is 0 Å². The zero-order chi connectivity index (χ0) is 20.8. The Hall–Kier alpha value is -2.13. The number of nitrogens with zero attached hydrogens (tertiary/aromatic N) is 1. The van der Waals surface area contributed by atoms with Gasteiger partial charge in [-0.15, -0.1) is 0 Å². The minimum Gasteiger partial charge on any atom is -0.496 e. The standard InChI is InChI=1S/C18H28N2O6S/c1-12(2)9-20(10-13(3)4)17(21)11-26-18(22)15-8-14(27(19,23)24)6-7-16(15)25-5/h6-8,12-13H,9-11H2,1-5H3,(H2,19,23,24). The van der Waals surface area contributed by atoms with Crippen LogP contribution in [0.2, 0.25) is 0 Å². The van der Waals surface area contributed by atoms with Crippen LogP contribution in [0.4, 0.5) is 0 Å². The molecule has 0 saturated carbocycles. The first kappa shape index (κ1) is 22.9. The fraction of sp³-hybridized carbons (Fsp3) is 0.556. The second-order valence-corrected chi connectivity index (χ2v) is 8.63. The van der Waals surface area contributed by atoms with Gasteiger partial charge in [0.1, 0.15) is 11.3 Å². The molecule has 152 valence electrons. The number of amides is 1. The van der Waals surface area contributed by atoms with Gasteiger partial charge < -0.3 is 14.4 Å². The van der Waals surface area contributed by atoms with Gasteiger partial charge in [0.05, 0.1) is 12.0 Å². The third-order valence-electron chi connectivity index (χ3n) is 3.57. The zero-order valence-corrected chi connectivity index (χ0v) is 17.2. The van der Waals surface area contributed by atoms with Gasteiger partial charge in [-0.1, -0.05) is 27.7 Å². The van der Waals surface area contributed by atoms with E-state index in [2.05, 4.69) is 0 Å². The molecular weight excluding hydrogens is 372 g/mol. The van der Waals surface area contributed by atoms with E-state index in [-0.39, 0.29) is 34.0 Å². The maximum Gasteiger partial charge on any atom is 0.342 e. The van der Waals surface area contributed by atoms with Crippen molar-refractivity contribution in [2.45, 2.75) is 32.6 Å². The summed E-state index contributed by atoms with van der Waals surface area (Å²) in [6.45, 7) is 8.65. The quantitative estimate of drug-likeness (QED) is 0.630. The van der Waals surface area contributed by atoms with Crippen LogP contribution in [0.5, 0.6) is 5.75 Å². The van der Waals surface area contributed by atoms with Gasteiger partial charge in [-0.05, 0) is 30.0 Å². The number of carbonyl (C=O) groups excluding carboxylic acids is 2. The largest absolute Gasteiger partial charge is 0.496 e. The van der Waals surface area contributed by atoms with E-state index in [1.807, 2.05) is 27.7 Å². The van der Waals surface area contributed by atoms with Gasteiger partial charge in [0, 0.05) is 13.1 Å². The number of primary sulfonamides is 1. The SMILES string of the molecule is COc1ccc(S(N)(=O)=O)cc1C(=O)OCC(=O)N(CC(C)C)CC(C)C. The number of nitrogens with two attached hydrogens (primary N) is 1. The van der Waals surface area contributed by atoms with Crippen LogP contribution in [0.25, 0.3) is 0 Å². The highest BCUT2D eigenvalue weighted by Crippen LogP contribution is 2.22. The van der Waals surface area contributed by atoms with Crippen molar-refractivity contribution in [1.82, 2.24) is 4.90 Å². The third kappa shape index (κ3) is 7.18. The Kier molecular flexibility index (Phi) is 8.23. The Labute approximate surface area is 160 Å². The molecule has 1 aromatic rings. The van der Waals surface area contributed by atoms with Crippen LogP contribution in [0, 0.1) is 11.8 Å². The lowest BCUT2D eigenvalue weighted by molar-refractivity contribution is -0.135. The van der Waals surface area contributed by atoms with E-state index < -0.39 is 22.6 Å². The van der Waals surface area contributed by atoms with Crippen LogP contribution in [0.15, 0.2) is 23.1 Å². The van der Waals surface area contributed by atoms with E-state index >= 15 is 0 Å². The summed E-state index contributed by atoms with van der Waals surface area (Å²) in [7, 11) is -2.66. The predicted molar refractivity (Wildman–Crippen MR) is 101 cm³/mol. The zero-order valence-electron chi connectivity index (χ0n) is 16.4. The summed E-state index contributed by atoms with van der Waals surface area (Å²) in [5, 5.41) is 5.09. The van der Waals surface area contributed by atoms with Crippen LogP contribution in [0.1, 0.15) is 38.1 Å². The average molecular weight is 400 g/mol. The Morgan fingerprint density at radius 1 is 1.11 bits per heavy atom. The van der Waals surface area contributed by atoms with Crippen molar-refractivity contribution in [3.63, 3.8) is 0 Å². The van der Waals surface area contributed by atoms with Crippen LogP contribution in [0.3, 0.4) is 0 Å². The van der Waals surface area contributed by atoms with Gasteiger partial charge in [-0.3, -0.25) is 4.79 Å². The summed E-state index contributed by atoms with van der Waals surface area (Å²) in [4.78, 5) is 26.2. The number of rotatable bonds is 9. The van der Waals surface area contributed by atoms with Crippen molar-refractivity contribution in [3.8, 4) is 5.75 Å². The minimum atomic E-state index is -3.99. The third-order valence-corrected chi connectivity index (χ3v) is 4.48. The number of sulfonamides is 1. The fourth-order valence-electron chi connectivity index (χ4n) is 2.48. The summed E-state index contributed by atoms with van der Waals surface area (Å²) >= 11 is 0. The molecule has 8 nitrogen and oxygen atoms in total. The molecule has 1 aromatic carbocycles. The smallest absolute Gasteiger partial charge is 0.342 e. The van der Waals surface area contributed by atoms with E-state index in [0.29, 0.717) is 13.1 Å². The minimum absolute atomic E-state index is 0.115. The van der Waals surface area contributed by atoms with Gasteiger partial charge in [0.15, 0.2) is 6.61 Å². The molecule has 0 atom stereocenters. The van der Waals surface area contributed by atoms with Gasteiger partial charge in [-0.25, -0.2) is 18.4 Å². The highest BCUT2D eigenvalue weighted by atomic mass is 32.2. The number of hydrogen-bond acceptors (Lipinski definition) is 6. The fourth-order valence-corrected chi connectivity index (χ4v) is 3.02. The number of hydrogen-bond donors (Lipinski definition) is 1. The first-order valence-corrected chi connectivity index (χ1v) is 10.2. The maximum atomic E-state index is 12.4. The Morgan fingerprint density at radius 2 is 1.67 bits per heavy atom. The molecule has 0 fully saturated rings. The molecule has 0 unspecified atom stereocenters. The molecule has 0 aliphatic carbocycles. The second kappa shape index (κ2) is 9.70. The summed E-state index contributed by atoms with van der Waals surface area (Å²) in [6, 6.07) is 3.60. The molecule has 0 aliphatic rings. The maximum absolute atomic E-state index is 12.4. The average Bonchev–Trinajstić information content (AvgIpc) is 2.56. The second-order valence-electron chi connectivity index (χ2n) is 7.07. The monoisotopic (exact) mass is 400 g/mol. The Bertz CT molecular complexity index is 764. The summed E-state index contributed by atoms with van der Waals surface area (Å²) < 4.78 is 33.1. The van der Waals surface area contributed by atoms with Crippen LogP contribution in [-0.2, 0) is 19.6 Å². The molecule has 9 heteroatoms. The van der Waals surface area contributed by atoms with Gasteiger partial charge in [0.2, 0.25) is 10.0 Å². The van der Waals surface area contributed by atoms with Gasteiger partial charge in [-0.2, -0.15) is 0 Å². The van der Waals surface area contributed by atoms with E-state index in [0.717, 1.165) is 6.07 Å². The van der Waals surface area contributed by atoms with Crippen LogP contribution in [-0.4, -0.2) is 52.0 Å². The molecule has 0 spiro atoms. The van der Waals surface area contributed by atoms with Crippen molar-refractivity contribution in [3.05, 3.63) is 23.8 Å². The topological polar surface area (TPSA) is 116 Å². The molecular formula is C18H28N2O6S. The Balaban J connectivity index is 2.93. The number of carbonyl (C=O) groups is 2. The molecule has 1 amide bonds. The molecule has 0 aromatic heterocycles. The van der Waals surface area contributed by atoms with E-state index in [9.17, 15) is 18.0 Å². The number of ether oxygens (including phenoxy) is 2. The molecule has 2 N–H and O–H groups in total. The first-order valence-electron chi connectivity index (χ1n) is 8.61. The highest BCUT2D eigenvalue weighted by Gasteiger charge is 2.22. The van der Waals surface area contributed by atoms with Crippen molar-refractivity contribution >= 4 is 21.9 Å². The predicted octanol–water partition coefficient (Wildman–Crippen LogP) is 1.64. The number of methoxy groups -OCH3 is 1. The van der Waals surface area contributed by atoms with E-state index in [4.69, 9.17) is 14.6 Å². The highest BCUT2D eigenvalue weighted by molar-refractivity contribution is 7.89. The summed E-state index contributed by atoms with van der Waals surface area (Å²) in [5.41, 5.74) is -0.115. The Morgan fingerprint density at radius 3 is 2.11 bits per heavy atom. The molecule has 1 rings (SSSR count). The van der Waals surface area contributed by atoms with Crippen molar-refractivity contribution in [2.75, 3.05) is 26.8 Å². The lowest BCUT2D eigenvalue weighted by Crippen LogP contribution is -2.39. The lowest BCUT2D eigenvalue weighted by Gasteiger charge is -2.26. The van der Waals surface area contributed by atoms with Crippen molar-refractivity contribution in [1.29, 1.82) is 0 Å². The molecule has 0 radical (unpaired) electrons. The van der Waals surface area contributed by atoms with Crippen LogP contribution < -0.4 is 9.88 Å². The summed E-state index contributed by atoms with van der Waals surface area (Å²) in [6.07, 6.45) is 0. The summed E-state index contributed by atoms with van der Waals surface area (Å²) in [5.74, 6) is -0.502. The lowest BCUT2D eigenvalue weighted by atomic mass is 10.1. The normalized spacial score (nSPS) is 11.6. The molecule has 0 heterocycles. The van der Waals surface area contributed by atoms with E-state index in [1.165, 1.54) is 19.2 Å². The van der Waals surface area contributed by atoms with Gasteiger partial charge >= 0.3 is 5.97 Å². The van der Waals surface area contributed by atoms with E-state index in [1.54, 1.807) is 4.90 Å². The first-order chi connectivity index (χ1) is 12.5. The molecule has 0 saturated heterocycles. The van der Waals surface area contributed by atoms with Crippen molar-refractivity contribution < 1.29 is 27.5 Å². The molecule has 27 heavy (non-hydrogen) atoms. The molecule has 0 bridgehead atoms. The van der Waals surface area contributed by atoms with Crippen molar-refractivity contribution in [2.24, 2.45) is 17.0 Å². The number of benzene rings is 1. The number of esters is 1. The van der Waals surface area contributed by atoms with Gasteiger partial charge in [0.25, 0.3) is 5.91 Å². The molecule has 0 aliphatic heterocycles.